The summed E-state index contributed by atoms with van der Waals surface area (Å²) in [7, 11) is 0. The van der Waals surface area contributed by atoms with Crippen LogP contribution in [0.4, 0.5) is 0 Å². The first-order chi connectivity index (χ1) is 8.68. The van der Waals surface area contributed by atoms with E-state index in [4.69, 9.17) is 0 Å². The fourth-order valence-corrected chi connectivity index (χ4v) is 3.55. The van der Waals surface area contributed by atoms with Crippen LogP contribution in [-0.2, 0) is 9.59 Å². The zero-order valence-corrected chi connectivity index (χ0v) is 10.2. The van der Waals surface area contributed by atoms with E-state index < -0.39 is 11.9 Å². The van der Waals surface area contributed by atoms with Gasteiger partial charge in [-0.1, -0.05) is 24.3 Å². The molecule has 3 aliphatic rings. The molecule has 0 aromatic heterocycles. The molecule has 2 bridgehead atoms. The summed E-state index contributed by atoms with van der Waals surface area (Å²) in [5, 5.41) is 9.33. The van der Waals surface area contributed by atoms with Crippen LogP contribution in [0, 0.1) is 23.7 Å². The second-order valence-corrected chi connectivity index (χ2v) is 5.38. The summed E-state index contributed by atoms with van der Waals surface area (Å²) in [5.41, 5.74) is 0. The molecule has 4 atom stereocenters. The first kappa shape index (κ1) is 11.5. The molecule has 2 aliphatic carbocycles. The number of carbonyl (C=O) groups is 2. The summed E-state index contributed by atoms with van der Waals surface area (Å²) in [6.45, 7) is 1.35. The Bertz CT molecular complexity index is 440. The number of hydrogen-bond acceptors (Lipinski definition) is 2. The third-order valence-electron chi connectivity index (χ3n) is 4.40. The molecule has 0 aromatic carbocycles. The Kier molecular flexibility index (Phi) is 2.73. The molecule has 0 spiro atoms. The van der Waals surface area contributed by atoms with Crippen LogP contribution in [-0.4, -0.2) is 35.0 Å². The average Bonchev–Trinajstić information content (AvgIpc) is 2.99. The summed E-state index contributed by atoms with van der Waals surface area (Å²) in [6, 6.07) is 0. The lowest BCUT2D eigenvalue weighted by Crippen LogP contribution is -2.44. The normalized spacial score (nSPS) is 37.2. The van der Waals surface area contributed by atoms with Crippen molar-refractivity contribution in [1.82, 2.24) is 4.90 Å². The molecule has 3 rings (SSSR count). The van der Waals surface area contributed by atoms with E-state index in [-0.39, 0.29) is 23.7 Å². The second-order valence-electron chi connectivity index (χ2n) is 5.38. The van der Waals surface area contributed by atoms with Gasteiger partial charge < -0.3 is 10.0 Å². The van der Waals surface area contributed by atoms with E-state index in [1.54, 1.807) is 4.90 Å². The number of allylic oxidation sites excluding steroid dienone is 2. The third kappa shape index (κ3) is 1.67. The number of hydrogen-bond donors (Lipinski definition) is 1. The summed E-state index contributed by atoms with van der Waals surface area (Å²) >= 11 is 0. The highest BCUT2D eigenvalue weighted by Gasteiger charge is 2.52. The number of fused-ring (bicyclic) bond motifs is 2. The fraction of sp³-hybridized carbons (Fsp3) is 0.571. The third-order valence-corrected chi connectivity index (χ3v) is 4.40. The van der Waals surface area contributed by atoms with E-state index in [2.05, 4.69) is 6.08 Å². The maximum atomic E-state index is 12.5. The van der Waals surface area contributed by atoms with Gasteiger partial charge in [0, 0.05) is 13.1 Å². The zero-order chi connectivity index (χ0) is 12.7. The highest BCUT2D eigenvalue weighted by atomic mass is 16.4. The van der Waals surface area contributed by atoms with Gasteiger partial charge in [-0.15, -0.1) is 0 Å². The Morgan fingerprint density at radius 2 is 1.83 bits per heavy atom. The minimum atomic E-state index is -0.822. The minimum absolute atomic E-state index is 0.0311. The van der Waals surface area contributed by atoms with Gasteiger partial charge in [0.25, 0.3) is 0 Å². The summed E-state index contributed by atoms with van der Waals surface area (Å²) in [4.78, 5) is 25.7. The van der Waals surface area contributed by atoms with Gasteiger partial charge in [-0.3, -0.25) is 9.59 Å². The highest BCUT2D eigenvalue weighted by Crippen LogP contribution is 2.48. The first-order valence-corrected chi connectivity index (χ1v) is 6.53. The first-order valence-electron chi connectivity index (χ1n) is 6.53. The lowest BCUT2D eigenvalue weighted by Gasteiger charge is -2.31. The molecule has 1 fully saturated rings. The molecular formula is C14H17NO3. The summed E-state index contributed by atoms with van der Waals surface area (Å²) < 4.78 is 0. The zero-order valence-electron chi connectivity index (χ0n) is 10.2. The number of carboxylic acid groups (broad SMARTS) is 1. The van der Waals surface area contributed by atoms with Gasteiger partial charge >= 0.3 is 5.97 Å². The van der Waals surface area contributed by atoms with E-state index in [0.29, 0.717) is 6.54 Å². The number of aliphatic carboxylic acids is 1. The van der Waals surface area contributed by atoms with Gasteiger partial charge in [-0.2, -0.15) is 0 Å². The molecule has 96 valence electrons. The summed E-state index contributed by atoms with van der Waals surface area (Å²) in [6.07, 6.45) is 9.77. The lowest BCUT2D eigenvalue weighted by molar-refractivity contribution is -0.150. The molecule has 0 radical (unpaired) electrons. The molecule has 4 heteroatoms. The number of rotatable bonds is 2. The van der Waals surface area contributed by atoms with Crippen molar-refractivity contribution in [3.8, 4) is 0 Å². The monoisotopic (exact) mass is 247 g/mol. The molecule has 1 amide bonds. The Hall–Kier alpha value is -1.58. The predicted molar refractivity (Wildman–Crippen MR) is 65.7 cm³/mol. The van der Waals surface area contributed by atoms with Crippen molar-refractivity contribution in [2.45, 2.75) is 12.8 Å². The van der Waals surface area contributed by atoms with Gasteiger partial charge in [-0.25, -0.2) is 0 Å². The van der Waals surface area contributed by atoms with Crippen LogP contribution in [0.1, 0.15) is 12.8 Å². The van der Waals surface area contributed by atoms with Gasteiger partial charge in [0.2, 0.25) is 5.91 Å². The van der Waals surface area contributed by atoms with E-state index in [1.165, 1.54) is 0 Å². The highest BCUT2D eigenvalue weighted by molar-refractivity contribution is 5.87. The van der Waals surface area contributed by atoms with Crippen LogP contribution in [0.2, 0.25) is 0 Å². The van der Waals surface area contributed by atoms with Crippen molar-refractivity contribution in [2.75, 3.05) is 13.1 Å². The van der Waals surface area contributed by atoms with Crippen LogP contribution < -0.4 is 0 Å². The van der Waals surface area contributed by atoms with Crippen LogP contribution in [0.5, 0.6) is 0 Å². The van der Waals surface area contributed by atoms with Crippen molar-refractivity contribution in [3.63, 3.8) is 0 Å². The van der Waals surface area contributed by atoms with Crippen molar-refractivity contribution >= 4 is 11.9 Å². The van der Waals surface area contributed by atoms with Crippen molar-refractivity contribution < 1.29 is 14.7 Å². The Morgan fingerprint density at radius 3 is 2.44 bits per heavy atom. The quantitative estimate of drug-likeness (QED) is 0.748. The average molecular weight is 247 g/mol. The molecular weight excluding hydrogens is 230 g/mol. The van der Waals surface area contributed by atoms with Crippen LogP contribution in [0.25, 0.3) is 0 Å². The molecule has 0 saturated heterocycles. The molecule has 1 aliphatic heterocycles. The maximum absolute atomic E-state index is 12.5. The topological polar surface area (TPSA) is 57.6 Å². The molecule has 18 heavy (non-hydrogen) atoms. The molecule has 0 aromatic rings. The Morgan fingerprint density at radius 1 is 1.11 bits per heavy atom. The van der Waals surface area contributed by atoms with E-state index in [0.717, 1.165) is 19.4 Å². The summed E-state index contributed by atoms with van der Waals surface area (Å²) in [5.74, 6) is -1.46. The van der Waals surface area contributed by atoms with Crippen molar-refractivity contribution in [2.24, 2.45) is 23.7 Å². The van der Waals surface area contributed by atoms with Gasteiger partial charge in [-0.05, 0) is 24.7 Å². The van der Waals surface area contributed by atoms with Crippen molar-refractivity contribution in [1.29, 1.82) is 0 Å². The van der Waals surface area contributed by atoms with Gasteiger partial charge in [0.1, 0.15) is 0 Å². The Labute approximate surface area is 106 Å². The number of amides is 1. The molecule has 1 saturated carbocycles. The molecule has 4 nitrogen and oxygen atoms in total. The smallest absolute Gasteiger partial charge is 0.307 e. The fourth-order valence-electron chi connectivity index (χ4n) is 3.55. The Balaban J connectivity index is 1.82. The number of carboxylic acids is 1. The second kappa shape index (κ2) is 4.26. The molecule has 1 N–H and O–H groups in total. The minimum Gasteiger partial charge on any atom is -0.481 e. The predicted octanol–water partition coefficient (Wildman–Crippen LogP) is 1.30. The largest absolute Gasteiger partial charge is 0.481 e. The van der Waals surface area contributed by atoms with E-state index >= 15 is 0 Å². The van der Waals surface area contributed by atoms with Gasteiger partial charge in [0.05, 0.1) is 11.8 Å². The maximum Gasteiger partial charge on any atom is 0.307 e. The number of carbonyl (C=O) groups excluding carboxylic acids is 1. The molecule has 1 heterocycles. The van der Waals surface area contributed by atoms with Crippen molar-refractivity contribution in [3.05, 3.63) is 24.3 Å². The van der Waals surface area contributed by atoms with Crippen LogP contribution in [0.3, 0.4) is 0 Å². The van der Waals surface area contributed by atoms with E-state index in [9.17, 15) is 14.7 Å². The van der Waals surface area contributed by atoms with Gasteiger partial charge in [0.15, 0.2) is 0 Å². The van der Waals surface area contributed by atoms with Crippen LogP contribution >= 0.6 is 0 Å². The number of nitrogens with zero attached hydrogens (tertiary/aromatic N) is 1. The van der Waals surface area contributed by atoms with E-state index in [1.807, 2.05) is 18.2 Å². The van der Waals surface area contributed by atoms with Crippen LogP contribution in [0.15, 0.2) is 24.3 Å². The standard InChI is InChI=1S/C14H17NO3/c16-13(15-6-2-1-3-7-15)11-9-4-5-10(8-9)12(11)14(17)18/h1-2,4-5,9-12H,3,6-8H2,(H,17,18). The SMILES string of the molecule is O=C(O)C1C2C=CC(C2)C1C(=O)N1CC=CCC1. The lowest BCUT2D eigenvalue weighted by atomic mass is 9.82. The molecule has 4 unspecified atom stereocenters.